The summed E-state index contributed by atoms with van der Waals surface area (Å²) < 4.78 is 0. The van der Waals surface area contributed by atoms with E-state index < -0.39 is 0 Å². The third-order valence-corrected chi connectivity index (χ3v) is 4.95. The standard InChI is InChI=1S/C18H22N6OS/c1-11-12(2)22-17(18(25)23-13(3)15-5-7-26-10-15)24-16(11)19-6-4-14-8-20-21-9-14/h5,7-10,13H,4,6H2,1-3H3,(H,20,21)(H,23,25)(H,19,22,24)/t13-/m1/s1. The number of amides is 1. The van der Waals surface area contributed by atoms with Gasteiger partial charge < -0.3 is 10.6 Å². The average molecular weight is 370 g/mol. The van der Waals surface area contributed by atoms with Gasteiger partial charge in [0.05, 0.1) is 12.2 Å². The van der Waals surface area contributed by atoms with Gasteiger partial charge in [0.25, 0.3) is 5.91 Å². The summed E-state index contributed by atoms with van der Waals surface area (Å²) in [5.41, 5.74) is 3.92. The van der Waals surface area contributed by atoms with Gasteiger partial charge in [-0.1, -0.05) is 0 Å². The topological polar surface area (TPSA) is 95.6 Å². The molecule has 0 radical (unpaired) electrons. The number of aromatic amines is 1. The van der Waals surface area contributed by atoms with Crippen LogP contribution in [0.4, 0.5) is 5.82 Å². The fourth-order valence-corrected chi connectivity index (χ4v) is 3.26. The first-order valence-corrected chi connectivity index (χ1v) is 9.38. The minimum Gasteiger partial charge on any atom is -0.369 e. The lowest BCUT2D eigenvalue weighted by molar-refractivity contribution is 0.0929. The first kappa shape index (κ1) is 18.1. The van der Waals surface area contributed by atoms with Crippen molar-refractivity contribution in [1.29, 1.82) is 0 Å². The zero-order valence-electron chi connectivity index (χ0n) is 15.0. The van der Waals surface area contributed by atoms with E-state index in [-0.39, 0.29) is 17.8 Å². The minimum absolute atomic E-state index is 0.0866. The highest BCUT2D eigenvalue weighted by atomic mass is 32.1. The van der Waals surface area contributed by atoms with E-state index >= 15 is 0 Å². The Morgan fingerprint density at radius 3 is 2.88 bits per heavy atom. The van der Waals surface area contributed by atoms with Crippen LogP contribution in [0.3, 0.4) is 0 Å². The molecule has 8 heteroatoms. The summed E-state index contributed by atoms with van der Waals surface area (Å²) in [6, 6.07) is 1.91. The van der Waals surface area contributed by atoms with Gasteiger partial charge in [0.2, 0.25) is 5.82 Å². The molecule has 0 saturated heterocycles. The summed E-state index contributed by atoms with van der Waals surface area (Å²) in [6.07, 6.45) is 4.48. The van der Waals surface area contributed by atoms with E-state index in [0.29, 0.717) is 12.4 Å². The molecule has 0 spiro atoms. The van der Waals surface area contributed by atoms with Crippen molar-refractivity contribution in [2.75, 3.05) is 11.9 Å². The van der Waals surface area contributed by atoms with Crippen LogP contribution < -0.4 is 10.6 Å². The molecule has 0 bridgehead atoms. The Labute approximate surface area is 156 Å². The number of hydrogen-bond donors (Lipinski definition) is 3. The minimum atomic E-state index is -0.273. The molecule has 136 valence electrons. The second-order valence-electron chi connectivity index (χ2n) is 6.14. The van der Waals surface area contributed by atoms with Crippen molar-refractivity contribution in [3.8, 4) is 0 Å². The summed E-state index contributed by atoms with van der Waals surface area (Å²) in [5, 5.41) is 17.0. The molecule has 1 atom stereocenters. The maximum atomic E-state index is 12.6. The van der Waals surface area contributed by atoms with Crippen molar-refractivity contribution >= 4 is 23.1 Å². The molecule has 0 saturated carbocycles. The van der Waals surface area contributed by atoms with Crippen LogP contribution in [0, 0.1) is 13.8 Å². The van der Waals surface area contributed by atoms with Gasteiger partial charge in [-0.05, 0) is 55.1 Å². The number of thiophene rings is 1. The Morgan fingerprint density at radius 1 is 1.35 bits per heavy atom. The molecule has 0 aromatic carbocycles. The molecule has 3 N–H and O–H groups in total. The maximum Gasteiger partial charge on any atom is 0.289 e. The molecule has 7 nitrogen and oxygen atoms in total. The van der Waals surface area contributed by atoms with Crippen molar-refractivity contribution in [2.24, 2.45) is 0 Å². The second kappa shape index (κ2) is 8.09. The van der Waals surface area contributed by atoms with Crippen LogP contribution in [0.1, 0.15) is 46.0 Å². The number of aryl methyl sites for hydroxylation is 1. The van der Waals surface area contributed by atoms with Crippen LogP contribution >= 0.6 is 11.3 Å². The highest BCUT2D eigenvalue weighted by Crippen LogP contribution is 2.18. The third kappa shape index (κ3) is 4.26. The van der Waals surface area contributed by atoms with Gasteiger partial charge in [-0.2, -0.15) is 16.4 Å². The number of aromatic nitrogens is 4. The van der Waals surface area contributed by atoms with E-state index in [2.05, 4.69) is 30.8 Å². The van der Waals surface area contributed by atoms with Crippen molar-refractivity contribution in [2.45, 2.75) is 33.2 Å². The van der Waals surface area contributed by atoms with Crippen LogP contribution in [0.5, 0.6) is 0 Å². The van der Waals surface area contributed by atoms with Crippen LogP contribution in [-0.2, 0) is 6.42 Å². The molecule has 0 unspecified atom stereocenters. The molecule has 0 aliphatic carbocycles. The zero-order valence-corrected chi connectivity index (χ0v) is 15.9. The van der Waals surface area contributed by atoms with Gasteiger partial charge in [-0.25, -0.2) is 9.97 Å². The summed E-state index contributed by atoms with van der Waals surface area (Å²) in [7, 11) is 0. The molecule has 0 aliphatic heterocycles. The van der Waals surface area contributed by atoms with Gasteiger partial charge >= 0.3 is 0 Å². The summed E-state index contributed by atoms with van der Waals surface area (Å²) in [4.78, 5) is 21.3. The molecule has 3 aromatic heterocycles. The van der Waals surface area contributed by atoms with Crippen LogP contribution in [0.25, 0.3) is 0 Å². The predicted octanol–water partition coefficient (Wildman–Crippen LogP) is 3.02. The van der Waals surface area contributed by atoms with Crippen LogP contribution in [0.15, 0.2) is 29.2 Å². The second-order valence-corrected chi connectivity index (χ2v) is 6.92. The van der Waals surface area contributed by atoms with Crippen LogP contribution in [0.2, 0.25) is 0 Å². The van der Waals surface area contributed by atoms with E-state index in [9.17, 15) is 4.79 Å². The summed E-state index contributed by atoms with van der Waals surface area (Å²) in [5.74, 6) is 0.597. The molecule has 3 rings (SSSR count). The third-order valence-electron chi connectivity index (χ3n) is 4.24. The molecule has 0 fully saturated rings. The Bertz CT molecular complexity index is 860. The molecule has 26 heavy (non-hydrogen) atoms. The van der Waals surface area contributed by atoms with Crippen molar-refractivity contribution in [3.63, 3.8) is 0 Å². The summed E-state index contributed by atoms with van der Waals surface area (Å²) >= 11 is 1.61. The molecule has 0 aliphatic rings. The molecule has 3 aromatic rings. The smallest absolute Gasteiger partial charge is 0.289 e. The molecular weight excluding hydrogens is 348 g/mol. The van der Waals surface area contributed by atoms with Gasteiger partial charge in [0, 0.05) is 24.0 Å². The number of H-pyrrole nitrogens is 1. The monoisotopic (exact) mass is 370 g/mol. The van der Waals surface area contributed by atoms with E-state index in [1.165, 1.54) is 0 Å². The normalized spacial score (nSPS) is 12.0. The van der Waals surface area contributed by atoms with Gasteiger partial charge in [0.1, 0.15) is 5.82 Å². The molecular formula is C18H22N6OS. The Balaban J connectivity index is 1.69. The number of nitrogens with one attached hydrogen (secondary N) is 3. The van der Waals surface area contributed by atoms with Gasteiger partial charge in [-0.15, -0.1) is 0 Å². The fourth-order valence-electron chi connectivity index (χ4n) is 2.51. The Hall–Kier alpha value is -2.74. The van der Waals surface area contributed by atoms with Crippen molar-refractivity contribution < 1.29 is 4.79 Å². The number of anilines is 1. The summed E-state index contributed by atoms with van der Waals surface area (Å²) in [6.45, 7) is 6.48. The van der Waals surface area contributed by atoms with E-state index in [1.54, 1.807) is 17.5 Å². The number of carbonyl (C=O) groups is 1. The number of hydrogen-bond acceptors (Lipinski definition) is 6. The average Bonchev–Trinajstić information content (AvgIpc) is 3.31. The lowest BCUT2D eigenvalue weighted by Crippen LogP contribution is -2.29. The van der Waals surface area contributed by atoms with Gasteiger partial charge in [0.15, 0.2) is 0 Å². The van der Waals surface area contributed by atoms with Crippen LogP contribution in [-0.4, -0.2) is 32.6 Å². The van der Waals surface area contributed by atoms with E-state index in [0.717, 1.165) is 28.8 Å². The lowest BCUT2D eigenvalue weighted by atomic mass is 10.2. The number of nitrogens with zero attached hydrogens (tertiary/aromatic N) is 3. The molecule has 3 heterocycles. The van der Waals surface area contributed by atoms with Gasteiger partial charge in [-0.3, -0.25) is 9.89 Å². The van der Waals surface area contributed by atoms with E-state index in [1.807, 2.05) is 43.8 Å². The number of rotatable bonds is 7. The number of carbonyl (C=O) groups excluding carboxylic acids is 1. The Kier molecular flexibility index (Phi) is 5.62. The Morgan fingerprint density at radius 2 is 2.19 bits per heavy atom. The highest BCUT2D eigenvalue weighted by molar-refractivity contribution is 7.07. The SMILES string of the molecule is Cc1nc(C(=O)N[C@H](C)c2ccsc2)nc(NCCc2cn[nH]c2)c1C. The fraction of sp³-hybridized carbons (Fsp3) is 0.333. The molecule has 1 amide bonds. The zero-order chi connectivity index (χ0) is 18.5. The lowest BCUT2D eigenvalue weighted by Gasteiger charge is -2.14. The van der Waals surface area contributed by atoms with Crippen molar-refractivity contribution in [3.05, 3.63) is 57.4 Å². The largest absolute Gasteiger partial charge is 0.369 e. The first-order valence-electron chi connectivity index (χ1n) is 8.44. The first-order chi connectivity index (χ1) is 12.5. The highest BCUT2D eigenvalue weighted by Gasteiger charge is 2.17. The predicted molar refractivity (Wildman–Crippen MR) is 102 cm³/mol. The van der Waals surface area contributed by atoms with E-state index in [4.69, 9.17) is 0 Å². The van der Waals surface area contributed by atoms with Crippen molar-refractivity contribution in [1.82, 2.24) is 25.5 Å². The maximum absolute atomic E-state index is 12.6. The quantitative estimate of drug-likeness (QED) is 0.594.